The lowest BCUT2D eigenvalue weighted by molar-refractivity contribution is 0.900. The van der Waals surface area contributed by atoms with Crippen LogP contribution in [0.4, 0.5) is 5.82 Å². The Bertz CT molecular complexity index is 738. The van der Waals surface area contributed by atoms with Crippen LogP contribution in [0, 0.1) is 25.2 Å². The summed E-state index contributed by atoms with van der Waals surface area (Å²) in [6, 6.07) is 8.57. The molecule has 2 aromatic rings. The van der Waals surface area contributed by atoms with Crippen molar-refractivity contribution >= 4 is 5.82 Å². The Hall–Kier alpha value is -2.34. The SMILES string of the molecule is Cc1ccc(-c2c(C#N)c(N)nc3c2CCC3)c(C)c1. The summed E-state index contributed by atoms with van der Waals surface area (Å²) in [5.41, 5.74) is 13.3. The Balaban J connectivity index is 2.35. The molecule has 1 aromatic heterocycles. The fraction of sp³-hybridized carbons (Fsp3) is 0.294. The van der Waals surface area contributed by atoms with Crippen molar-refractivity contribution in [2.24, 2.45) is 0 Å². The van der Waals surface area contributed by atoms with Crippen molar-refractivity contribution in [3.8, 4) is 17.2 Å². The van der Waals surface area contributed by atoms with E-state index in [9.17, 15) is 5.26 Å². The van der Waals surface area contributed by atoms with Gasteiger partial charge in [-0.2, -0.15) is 5.26 Å². The third kappa shape index (κ3) is 1.85. The fourth-order valence-electron chi connectivity index (χ4n) is 3.11. The molecule has 1 heterocycles. The van der Waals surface area contributed by atoms with Crippen molar-refractivity contribution < 1.29 is 0 Å². The lowest BCUT2D eigenvalue weighted by Gasteiger charge is -2.15. The van der Waals surface area contributed by atoms with Crippen molar-refractivity contribution in [2.75, 3.05) is 5.73 Å². The summed E-state index contributed by atoms with van der Waals surface area (Å²) in [6.07, 6.45) is 3.04. The molecule has 3 nitrogen and oxygen atoms in total. The minimum Gasteiger partial charge on any atom is -0.383 e. The van der Waals surface area contributed by atoms with E-state index in [4.69, 9.17) is 5.73 Å². The van der Waals surface area contributed by atoms with Gasteiger partial charge in [0, 0.05) is 11.3 Å². The van der Waals surface area contributed by atoms with Crippen LogP contribution in [-0.2, 0) is 12.8 Å². The van der Waals surface area contributed by atoms with Gasteiger partial charge >= 0.3 is 0 Å². The zero-order chi connectivity index (χ0) is 14.3. The van der Waals surface area contributed by atoms with Crippen LogP contribution in [0.25, 0.3) is 11.1 Å². The Kier molecular flexibility index (Phi) is 2.94. The zero-order valence-electron chi connectivity index (χ0n) is 11.8. The van der Waals surface area contributed by atoms with Crippen molar-refractivity contribution in [1.82, 2.24) is 4.98 Å². The monoisotopic (exact) mass is 263 g/mol. The lowest BCUT2D eigenvalue weighted by atomic mass is 9.91. The van der Waals surface area contributed by atoms with E-state index < -0.39 is 0 Å². The van der Waals surface area contributed by atoms with Gasteiger partial charge in [0.15, 0.2) is 0 Å². The molecule has 0 radical (unpaired) electrons. The zero-order valence-corrected chi connectivity index (χ0v) is 11.8. The number of fused-ring (bicyclic) bond motifs is 1. The topological polar surface area (TPSA) is 62.7 Å². The summed E-state index contributed by atoms with van der Waals surface area (Å²) < 4.78 is 0. The lowest BCUT2D eigenvalue weighted by Crippen LogP contribution is -2.04. The number of rotatable bonds is 1. The molecule has 3 heteroatoms. The second-order valence-corrected chi connectivity index (χ2v) is 5.46. The van der Waals surface area contributed by atoms with Gasteiger partial charge in [-0.1, -0.05) is 23.8 Å². The van der Waals surface area contributed by atoms with Crippen molar-refractivity contribution in [1.29, 1.82) is 5.26 Å². The number of nitriles is 1. The van der Waals surface area contributed by atoms with Gasteiger partial charge in [-0.25, -0.2) is 4.98 Å². The van der Waals surface area contributed by atoms with Crippen LogP contribution >= 0.6 is 0 Å². The minimum absolute atomic E-state index is 0.364. The van der Waals surface area contributed by atoms with Crippen molar-refractivity contribution in [3.05, 3.63) is 46.1 Å². The maximum atomic E-state index is 9.47. The largest absolute Gasteiger partial charge is 0.383 e. The number of hydrogen-bond donors (Lipinski definition) is 1. The first kappa shape index (κ1) is 12.7. The standard InChI is InChI=1S/C17H17N3/c1-10-6-7-12(11(2)8-10)16-13-4-3-5-15(13)20-17(19)14(16)9-18/h6-8H,3-5H2,1-2H3,(H2,19,20). The average Bonchev–Trinajstić information content (AvgIpc) is 2.85. The molecule has 100 valence electrons. The first-order chi connectivity index (χ1) is 9.61. The number of benzene rings is 1. The predicted molar refractivity (Wildman–Crippen MR) is 80.3 cm³/mol. The second-order valence-electron chi connectivity index (χ2n) is 5.46. The molecule has 1 aliphatic rings. The minimum atomic E-state index is 0.364. The fourth-order valence-corrected chi connectivity index (χ4v) is 3.11. The van der Waals surface area contributed by atoms with E-state index in [-0.39, 0.29) is 0 Å². The number of aromatic nitrogens is 1. The van der Waals surface area contributed by atoms with Gasteiger partial charge in [-0.3, -0.25) is 0 Å². The van der Waals surface area contributed by atoms with Crippen LogP contribution in [-0.4, -0.2) is 4.98 Å². The molecular weight excluding hydrogens is 246 g/mol. The van der Waals surface area contributed by atoms with Gasteiger partial charge in [0.25, 0.3) is 0 Å². The molecule has 3 rings (SSSR count). The summed E-state index contributed by atoms with van der Waals surface area (Å²) in [5, 5.41) is 9.47. The molecule has 0 aliphatic heterocycles. The molecule has 0 bridgehead atoms. The van der Waals surface area contributed by atoms with Gasteiger partial charge < -0.3 is 5.73 Å². The van der Waals surface area contributed by atoms with E-state index in [1.807, 2.05) is 0 Å². The molecule has 1 aliphatic carbocycles. The molecule has 0 fully saturated rings. The Morgan fingerprint density at radius 1 is 1.25 bits per heavy atom. The number of aryl methyl sites for hydroxylation is 3. The van der Waals surface area contributed by atoms with Crippen molar-refractivity contribution in [3.63, 3.8) is 0 Å². The highest BCUT2D eigenvalue weighted by Crippen LogP contribution is 2.37. The van der Waals surface area contributed by atoms with Gasteiger partial charge in [-0.05, 0) is 49.8 Å². The molecule has 0 saturated carbocycles. The first-order valence-corrected chi connectivity index (χ1v) is 6.90. The second kappa shape index (κ2) is 4.64. The van der Waals surface area contributed by atoms with E-state index in [0.29, 0.717) is 11.4 Å². The van der Waals surface area contributed by atoms with Gasteiger partial charge in [0.1, 0.15) is 17.5 Å². The average molecular weight is 263 g/mol. The molecule has 0 amide bonds. The normalized spacial score (nSPS) is 13.1. The maximum absolute atomic E-state index is 9.47. The van der Waals surface area contributed by atoms with Crippen LogP contribution < -0.4 is 5.73 Å². The highest BCUT2D eigenvalue weighted by atomic mass is 14.9. The first-order valence-electron chi connectivity index (χ1n) is 6.90. The van der Waals surface area contributed by atoms with E-state index in [0.717, 1.165) is 36.1 Å². The summed E-state index contributed by atoms with van der Waals surface area (Å²) in [5.74, 6) is 0.364. The molecule has 0 unspecified atom stereocenters. The Labute approximate surface area is 119 Å². The Morgan fingerprint density at radius 2 is 2.05 bits per heavy atom. The number of nitrogen functional groups attached to an aromatic ring is 1. The van der Waals surface area contributed by atoms with Crippen LogP contribution in [0.3, 0.4) is 0 Å². The van der Waals surface area contributed by atoms with Crippen molar-refractivity contribution in [2.45, 2.75) is 33.1 Å². The number of hydrogen-bond acceptors (Lipinski definition) is 3. The maximum Gasteiger partial charge on any atom is 0.142 e. The molecule has 20 heavy (non-hydrogen) atoms. The third-order valence-electron chi connectivity index (χ3n) is 4.02. The predicted octanol–water partition coefficient (Wildman–Crippen LogP) is 3.31. The van der Waals surface area contributed by atoms with Gasteiger partial charge in [0.2, 0.25) is 0 Å². The number of pyridine rings is 1. The summed E-state index contributed by atoms with van der Waals surface area (Å²) in [6.45, 7) is 4.16. The number of nitrogens with two attached hydrogens (primary N) is 1. The Morgan fingerprint density at radius 3 is 2.75 bits per heavy atom. The van der Waals surface area contributed by atoms with Crippen LogP contribution in [0.1, 0.15) is 34.4 Å². The summed E-state index contributed by atoms with van der Waals surface area (Å²) in [7, 11) is 0. The van der Waals surface area contributed by atoms with Gasteiger partial charge in [-0.15, -0.1) is 0 Å². The molecule has 0 saturated heterocycles. The molecule has 0 atom stereocenters. The van der Waals surface area contributed by atoms with Gasteiger partial charge in [0.05, 0.1) is 0 Å². The smallest absolute Gasteiger partial charge is 0.142 e. The van der Waals surface area contributed by atoms with E-state index in [1.165, 1.54) is 16.7 Å². The third-order valence-corrected chi connectivity index (χ3v) is 4.02. The summed E-state index contributed by atoms with van der Waals surface area (Å²) in [4.78, 5) is 4.41. The van der Waals surface area contributed by atoms with E-state index >= 15 is 0 Å². The van der Waals surface area contributed by atoms with Crippen LogP contribution in [0.5, 0.6) is 0 Å². The van der Waals surface area contributed by atoms with Crippen LogP contribution in [0.2, 0.25) is 0 Å². The van der Waals surface area contributed by atoms with E-state index in [1.54, 1.807) is 0 Å². The highest BCUT2D eigenvalue weighted by molar-refractivity contribution is 5.81. The molecule has 1 aromatic carbocycles. The highest BCUT2D eigenvalue weighted by Gasteiger charge is 2.23. The number of nitrogens with zero attached hydrogens (tertiary/aromatic N) is 2. The molecular formula is C17H17N3. The van der Waals surface area contributed by atoms with E-state index in [2.05, 4.69) is 43.1 Å². The molecule has 0 spiro atoms. The number of anilines is 1. The molecule has 2 N–H and O–H groups in total. The van der Waals surface area contributed by atoms with Crippen LogP contribution in [0.15, 0.2) is 18.2 Å². The summed E-state index contributed by atoms with van der Waals surface area (Å²) >= 11 is 0. The quantitative estimate of drug-likeness (QED) is 0.858.